The Hall–Kier alpha value is -2.56. The molecule has 5 nitrogen and oxygen atoms in total. The first-order valence-corrected chi connectivity index (χ1v) is 11.4. The first-order valence-electron chi connectivity index (χ1n) is 9.63. The van der Waals surface area contributed by atoms with E-state index in [9.17, 15) is 14.9 Å². The Balaban J connectivity index is 1.77. The highest BCUT2D eigenvalue weighted by atomic mass is 79.9. The first kappa shape index (κ1) is 22.1. The van der Waals surface area contributed by atoms with Crippen LogP contribution in [0.5, 0.6) is 0 Å². The topological polar surface area (TPSA) is 82.0 Å². The van der Waals surface area contributed by atoms with Crippen molar-refractivity contribution in [3.63, 3.8) is 0 Å². The standard InChI is InChI=1S/C23H22BrN3O2S/c1-3-15-10-17(24)9-14(2)22(15)26-21(29)13-30-23-19(12-25)18(11-20(28)27-23)16-7-5-4-6-8-16/h4-10,18H,3,11,13H2,1-2H3,(H,26,29)(H,27,28)/t18-/m0/s1. The molecule has 0 aromatic heterocycles. The van der Waals surface area contributed by atoms with Crippen molar-refractivity contribution < 1.29 is 9.59 Å². The predicted molar refractivity (Wildman–Crippen MR) is 124 cm³/mol. The Labute approximate surface area is 189 Å². The molecular formula is C23H22BrN3O2S. The van der Waals surface area contributed by atoms with Crippen LogP contribution in [-0.2, 0) is 16.0 Å². The Bertz CT molecular complexity index is 1040. The molecule has 30 heavy (non-hydrogen) atoms. The number of anilines is 1. The lowest BCUT2D eigenvalue weighted by molar-refractivity contribution is -0.121. The molecule has 2 aromatic carbocycles. The van der Waals surface area contributed by atoms with Crippen LogP contribution in [0.3, 0.4) is 0 Å². The molecule has 2 N–H and O–H groups in total. The summed E-state index contributed by atoms with van der Waals surface area (Å²) in [6, 6.07) is 15.7. The third-order valence-corrected chi connectivity index (χ3v) is 6.41. The van der Waals surface area contributed by atoms with Gasteiger partial charge in [-0.3, -0.25) is 9.59 Å². The summed E-state index contributed by atoms with van der Waals surface area (Å²) >= 11 is 4.67. The van der Waals surface area contributed by atoms with Crippen LogP contribution in [0.1, 0.15) is 36.0 Å². The molecule has 154 valence electrons. The number of hydrogen-bond donors (Lipinski definition) is 2. The molecule has 1 aliphatic heterocycles. The summed E-state index contributed by atoms with van der Waals surface area (Å²) in [6.45, 7) is 3.99. The molecule has 0 bridgehead atoms. The zero-order valence-corrected chi connectivity index (χ0v) is 19.2. The van der Waals surface area contributed by atoms with Gasteiger partial charge in [-0.25, -0.2) is 0 Å². The zero-order chi connectivity index (χ0) is 21.7. The van der Waals surface area contributed by atoms with E-state index in [-0.39, 0.29) is 29.9 Å². The number of amides is 2. The number of halogens is 1. The van der Waals surface area contributed by atoms with E-state index in [4.69, 9.17) is 0 Å². The Morgan fingerprint density at radius 1 is 1.33 bits per heavy atom. The molecule has 0 radical (unpaired) electrons. The SMILES string of the molecule is CCc1cc(Br)cc(C)c1NC(=O)CSC1=C(C#N)[C@H](c2ccccc2)CC(=O)N1. The highest BCUT2D eigenvalue weighted by Gasteiger charge is 2.29. The van der Waals surface area contributed by atoms with E-state index in [1.165, 1.54) is 11.8 Å². The van der Waals surface area contributed by atoms with Crippen LogP contribution in [-0.4, -0.2) is 17.6 Å². The number of nitrogens with zero attached hydrogens (tertiary/aromatic N) is 1. The maximum Gasteiger partial charge on any atom is 0.234 e. The molecule has 0 fully saturated rings. The number of aryl methyl sites for hydroxylation is 2. The predicted octanol–water partition coefficient (Wildman–Crippen LogP) is 5.03. The summed E-state index contributed by atoms with van der Waals surface area (Å²) in [7, 11) is 0. The third-order valence-electron chi connectivity index (χ3n) is 4.93. The zero-order valence-electron chi connectivity index (χ0n) is 16.8. The van der Waals surface area contributed by atoms with E-state index in [0.29, 0.717) is 10.6 Å². The maximum absolute atomic E-state index is 12.6. The van der Waals surface area contributed by atoms with E-state index in [0.717, 1.165) is 33.3 Å². The average Bonchev–Trinajstić information content (AvgIpc) is 2.74. The summed E-state index contributed by atoms with van der Waals surface area (Å²) in [5, 5.41) is 15.9. The van der Waals surface area contributed by atoms with Gasteiger partial charge in [0.2, 0.25) is 11.8 Å². The molecule has 7 heteroatoms. The molecule has 1 heterocycles. The van der Waals surface area contributed by atoms with Gasteiger partial charge in [0.1, 0.15) is 0 Å². The quantitative estimate of drug-likeness (QED) is 0.603. The number of carbonyl (C=O) groups excluding carboxylic acids is 2. The summed E-state index contributed by atoms with van der Waals surface area (Å²) < 4.78 is 0.977. The van der Waals surface area contributed by atoms with Crippen molar-refractivity contribution in [2.75, 3.05) is 11.1 Å². The van der Waals surface area contributed by atoms with E-state index in [1.807, 2.05) is 56.3 Å². The number of thioether (sulfide) groups is 1. The van der Waals surface area contributed by atoms with Crippen LogP contribution in [0.15, 0.2) is 57.5 Å². The number of nitriles is 1. The lowest BCUT2D eigenvalue weighted by atomic mass is 9.87. The molecule has 0 saturated carbocycles. The first-order chi connectivity index (χ1) is 14.4. The lowest BCUT2D eigenvalue weighted by Gasteiger charge is -2.25. The summed E-state index contributed by atoms with van der Waals surface area (Å²) in [5.41, 5.74) is 4.26. The number of rotatable bonds is 6. The molecule has 0 spiro atoms. The fourth-order valence-corrected chi connectivity index (χ4v) is 4.98. The number of benzene rings is 2. The fraction of sp³-hybridized carbons (Fsp3) is 0.261. The number of allylic oxidation sites excluding steroid dienone is 1. The number of carbonyl (C=O) groups is 2. The average molecular weight is 484 g/mol. The fourth-order valence-electron chi connectivity index (χ4n) is 3.49. The summed E-state index contributed by atoms with van der Waals surface area (Å²) in [6.07, 6.45) is 1.02. The van der Waals surface area contributed by atoms with E-state index >= 15 is 0 Å². The van der Waals surface area contributed by atoms with Crippen LogP contribution in [0.25, 0.3) is 0 Å². The van der Waals surface area contributed by atoms with E-state index in [1.54, 1.807) is 0 Å². The second-order valence-corrected chi connectivity index (χ2v) is 8.92. The van der Waals surface area contributed by atoms with Crippen molar-refractivity contribution >= 4 is 45.2 Å². The van der Waals surface area contributed by atoms with Crippen LogP contribution in [0.4, 0.5) is 5.69 Å². The molecule has 0 unspecified atom stereocenters. The van der Waals surface area contributed by atoms with Gasteiger partial charge in [-0.2, -0.15) is 5.26 Å². The molecule has 2 amide bonds. The minimum absolute atomic E-state index is 0.0982. The number of hydrogen-bond acceptors (Lipinski definition) is 4. The smallest absolute Gasteiger partial charge is 0.234 e. The minimum atomic E-state index is -0.295. The van der Waals surface area contributed by atoms with Gasteiger partial charge < -0.3 is 10.6 Å². The van der Waals surface area contributed by atoms with Crippen LogP contribution in [0, 0.1) is 18.3 Å². The Kier molecular flexibility index (Phi) is 7.35. The lowest BCUT2D eigenvalue weighted by Crippen LogP contribution is -2.31. The molecule has 3 rings (SSSR count). The van der Waals surface area contributed by atoms with E-state index in [2.05, 4.69) is 32.6 Å². The van der Waals surface area contributed by atoms with Crippen molar-refractivity contribution in [1.29, 1.82) is 5.26 Å². The molecule has 1 aliphatic rings. The second-order valence-electron chi connectivity index (χ2n) is 7.02. The van der Waals surface area contributed by atoms with Gasteiger partial charge in [0, 0.05) is 22.5 Å². The number of nitrogens with one attached hydrogen (secondary N) is 2. The Morgan fingerprint density at radius 3 is 2.73 bits per heavy atom. The maximum atomic E-state index is 12.6. The van der Waals surface area contributed by atoms with Gasteiger partial charge in [0.05, 0.1) is 22.4 Å². The third kappa shape index (κ3) is 5.13. The molecule has 1 atom stereocenters. The summed E-state index contributed by atoms with van der Waals surface area (Å²) in [4.78, 5) is 24.9. The molecule has 2 aromatic rings. The van der Waals surface area contributed by atoms with Gasteiger partial charge in [0.25, 0.3) is 0 Å². The van der Waals surface area contributed by atoms with Gasteiger partial charge >= 0.3 is 0 Å². The highest BCUT2D eigenvalue weighted by molar-refractivity contribution is 9.10. The normalized spacial score (nSPS) is 16.1. The van der Waals surface area contributed by atoms with Crippen molar-refractivity contribution in [3.05, 3.63) is 74.2 Å². The minimum Gasteiger partial charge on any atom is -0.325 e. The summed E-state index contributed by atoms with van der Waals surface area (Å²) in [5.74, 6) is -0.527. The van der Waals surface area contributed by atoms with Gasteiger partial charge in [-0.15, -0.1) is 0 Å². The van der Waals surface area contributed by atoms with Crippen LogP contribution >= 0.6 is 27.7 Å². The van der Waals surface area contributed by atoms with Gasteiger partial charge in [-0.1, -0.05) is 64.9 Å². The molecule has 0 saturated heterocycles. The Morgan fingerprint density at radius 2 is 2.07 bits per heavy atom. The van der Waals surface area contributed by atoms with Crippen molar-refractivity contribution in [2.45, 2.75) is 32.6 Å². The van der Waals surface area contributed by atoms with Crippen LogP contribution < -0.4 is 10.6 Å². The van der Waals surface area contributed by atoms with Crippen molar-refractivity contribution in [2.24, 2.45) is 0 Å². The van der Waals surface area contributed by atoms with Crippen LogP contribution in [0.2, 0.25) is 0 Å². The molecule has 0 aliphatic carbocycles. The van der Waals surface area contributed by atoms with Crippen molar-refractivity contribution in [1.82, 2.24) is 5.32 Å². The molecular weight excluding hydrogens is 462 g/mol. The monoisotopic (exact) mass is 483 g/mol. The van der Waals surface area contributed by atoms with Crippen molar-refractivity contribution in [3.8, 4) is 6.07 Å². The largest absolute Gasteiger partial charge is 0.325 e. The second kappa shape index (κ2) is 9.96. The van der Waals surface area contributed by atoms with Gasteiger partial charge in [0.15, 0.2) is 0 Å². The highest BCUT2D eigenvalue weighted by Crippen LogP contribution is 2.36. The van der Waals surface area contributed by atoms with Gasteiger partial charge in [-0.05, 0) is 42.2 Å². The van der Waals surface area contributed by atoms with E-state index < -0.39 is 0 Å².